The topological polar surface area (TPSA) is 12.0 Å². The first-order chi connectivity index (χ1) is 7.65. The van der Waals surface area contributed by atoms with E-state index < -0.39 is 0 Å². The van der Waals surface area contributed by atoms with E-state index >= 15 is 0 Å². The summed E-state index contributed by atoms with van der Waals surface area (Å²) in [6, 6.07) is 5.29. The van der Waals surface area contributed by atoms with E-state index in [1.807, 2.05) is 6.92 Å². The van der Waals surface area contributed by atoms with Crippen molar-refractivity contribution >= 4 is 11.8 Å². The summed E-state index contributed by atoms with van der Waals surface area (Å²) in [5.74, 6) is -0.138. The van der Waals surface area contributed by atoms with Crippen LogP contribution in [0.1, 0.15) is 32.8 Å². The molecule has 1 nitrogen and oxygen atoms in total. The molecule has 1 unspecified atom stereocenters. The van der Waals surface area contributed by atoms with E-state index in [0.717, 1.165) is 30.0 Å². The van der Waals surface area contributed by atoms with Gasteiger partial charge in [-0.2, -0.15) is 0 Å². The standard InChI is InChI=1S/C13H20FNS/c1-4-10(3)16-13-7-11(9-15-5-2)6-12(14)8-13/h6-8,10,15H,4-5,9H2,1-3H3. The molecule has 1 atom stereocenters. The number of rotatable bonds is 6. The largest absolute Gasteiger partial charge is 0.313 e. The molecule has 1 aromatic carbocycles. The molecule has 0 bridgehead atoms. The lowest BCUT2D eigenvalue weighted by Crippen LogP contribution is -2.11. The second-order valence-corrected chi connectivity index (χ2v) is 5.42. The first-order valence-corrected chi connectivity index (χ1v) is 6.70. The molecular formula is C13H20FNS. The molecule has 0 saturated heterocycles. The molecule has 90 valence electrons. The van der Waals surface area contributed by atoms with Crippen LogP contribution in [-0.4, -0.2) is 11.8 Å². The lowest BCUT2D eigenvalue weighted by atomic mass is 10.2. The summed E-state index contributed by atoms with van der Waals surface area (Å²) in [6.45, 7) is 8.01. The van der Waals surface area contributed by atoms with Crippen LogP contribution in [0.5, 0.6) is 0 Å². The maximum atomic E-state index is 13.4. The van der Waals surface area contributed by atoms with Gasteiger partial charge in [0.1, 0.15) is 5.82 Å². The molecule has 1 N–H and O–H groups in total. The highest BCUT2D eigenvalue weighted by atomic mass is 32.2. The van der Waals surface area contributed by atoms with Crippen molar-refractivity contribution in [2.45, 2.75) is 43.9 Å². The summed E-state index contributed by atoms with van der Waals surface area (Å²) in [6.07, 6.45) is 1.10. The Balaban J connectivity index is 2.73. The lowest BCUT2D eigenvalue weighted by Gasteiger charge is -2.10. The Morgan fingerprint density at radius 3 is 2.69 bits per heavy atom. The molecule has 3 heteroatoms. The van der Waals surface area contributed by atoms with Crippen LogP contribution in [0, 0.1) is 5.82 Å². The summed E-state index contributed by atoms with van der Waals surface area (Å²) in [5, 5.41) is 3.75. The molecule has 0 aliphatic carbocycles. The Morgan fingerprint density at radius 1 is 1.31 bits per heavy atom. The molecule has 0 amide bonds. The van der Waals surface area contributed by atoms with Crippen LogP contribution in [0.3, 0.4) is 0 Å². The first kappa shape index (κ1) is 13.5. The molecule has 0 spiro atoms. The van der Waals surface area contributed by atoms with Gasteiger partial charge >= 0.3 is 0 Å². The van der Waals surface area contributed by atoms with Crippen molar-refractivity contribution in [3.63, 3.8) is 0 Å². The zero-order valence-corrected chi connectivity index (χ0v) is 11.0. The number of hydrogen-bond donors (Lipinski definition) is 1. The molecule has 0 heterocycles. The number of hydrogen-bond acceptors (Lipinski definition) is 2. The maximum absolute atomic E-state index is 13.4. The highest BCUT2D eigenvalue weighted by molar-refractivity contribution is 7.99. The zero-order valence-electron chi connectivity index (χ0n) is 10.2. The fourth-order valence-corrected chi connectivity index (χ4v) is 2.41. The fraction of sp³-hybridized carbons (Fsp3) is 0.538. The summed E-state index contributed by atoms with van der Waals surface area (Å²) in [4.78, 5) is 1.03. The van der Waals surface area contributed by atoms with Crippen molar-refractivity contribution in [2.75, 3.05) is 6.54 Å². The third-order valence-electron chi connectivity index (χ3n) is 2.42. The maximum Gasteiger partial charge on any atom is 0.124 e. The van der Waals surface area contributed by atoms with Gasteiger partial charge in [0.15, 0.2) is 0 Å². The van der Waals surface area contributed by atoms with Gasteiger partial charge in [-0.15, -0.1) is 11.8 Å². The minimum absolute atomic E-state index is 0.138. The minimum Gasteiger partial charge on any atom is -0.313 e. The number of nitrogens with one attached hydrogen (secondary N) is 1. The van der Waals surface area contributed by atoms with Gasteiger partial charge in [-0.1, -0.05) is 20.8 Å². The molecule has 0 radical (unpaired) electrons. The smallest absolute Gasteiger partial charge is 0.124 e. The van der Waals surface area contributed by atoms with Crippen LogP contribution in [-0.2, 0) is 6.54 Å². The molecule has 0 fully saturated rings. The monoisotopic (exact) mass is 241 g/mol. The summed E-state index contributed by atoms with van der Waals surface area (Å²) < 4.78 is 13.4. The van der Waals surface area contributed by atoms with Crippen molar-refractivity contribution < 1.29 is 4.39 Å². The van der Waals surface area contributed by atoms with Gasteiger partial charge in [0, 0.05) is 16.7 Å². The number of halogens is 1. The quantitative estimate of drug-likeness (QED) is 0.760. The number of benzene rings is 1. The number of thioether (sulfide) groups is 1. The van der Waals surface area contributed by atoms with Crippen LogP contribution < -0.4 is 5.32 Å². The second-order valence-electron chi connectivity index (χ2n) is 3.91. The molecule has 0 aliphatic heterocycles. The SMILES string of the molecule is CCNCc1cc(F)cc(SC(C)CC)c1. The lowest BCUT2D eigenvalue weighted by molar-refractivity contribution is 0.617. The molecule has 1 aromatic rings. The molecular weight excluding hydrogens is 221 g/mol. The van der Waals surface area contributed by atoms with E-state index in [9.17, 15) is 4.39 Å². The van der Waals surface area contributed by atoms with Crippen LogP contribution in [0.15, 0.2) is 23.1 Å². The van der Waals surface area contributed by atoms with E-state index in [0.29, 0.717) is 5.25 Å². The highest BCUT2D eigenvalue weighted by Gasteiger charge is 2.05. The van der Waals surface area contributed by atoms with Crippen molar-refractivity contribution in [3.8, 4) is 0 Å². The van der Waals surface area contributed by atoms with E-state index in [4.69, 9.17) is 0 Å². The van der Waals surface area contributed by atoms with Gasteiger partial charge < -0.3 is 5.32 Å². The third kappa shape index (κ3) is 4.54. The van der Waals surface area contributed by atoms with Gasteiger partial charge in [0.2, 0.25) is 0 Å². The van der Waals surface area contributed by atoms with E-state index in [1.165, 1.54) is 0 Å². The van der Waals surface area contributed by atoms with Crippen LogP contribution in [0.2, 0.25) is 0 Å². The predicted molar refractivity (Wildman–Crippen MR) is 69.4 cm³/mol. The van der Waals surface area contributed by atoms with Gasteiger partial charge in [-0.05, 0) is 36.7 Å². The van der Waals surface area contributed by atoms with Gasteiger partial charge in [0.05, 0.1) is 0 Å². The zero-order chi connectivity index (χ0) is 12.0. The van der Waals surface area contributed by atoms with Gasteiger partial charge in [-0.25, -0.2) is 4.39 Å². The van der Waals surface area contributed by atoms with Crippen LogP contribution >= 0.6 is 11.8 Å². The highest BCUT2D eigenvalue weighted by Crippen LogP contribution is 2.26. The Labute approximate surface area is 102 Å². The Kier molecular flexibility index (Phi) is 5.85. The van der Waals surface area contributed by atoms with E-state index in [1.54, 1.807) is 23.9 Å². The molecule has 1 rings (SSSR count). The van der Waals surface area contributed by atoms with E-state index in [2.05, 4.69) is 25.2 Å². The first-order valence-electron chi connectivity index (χ1n) is 5.82. The normalized spacial score (nSPS) is 12.8. The third-order valence-corrected chi connectivity index (χ3v) is 3.67. The summed E-state index contributed by atoms with van der Waals surface area (Å²) in [7, 11) is 0. The van der Waals surface area contributed by atoms with Crippen molar-refractivity contribution in [1.29, 1.82) is 0 Å². The van der Waals surface area contributed by atoms with Crippen molar-refractivity contribution in [3.05, 3.63) is 29.6 Å². The predicted octanol–water partition coefficient (Wildman–Crippen LogP) is 3.83. The molecule has 0 aromatic heterocycles. The van der Waals surface area contributed by atoms with Crippen molar-refractivity contribution in [1.82, 2.24) is 5.32 Å². The Morgan fingerprint density at radius 2 is 2.06 bits per heavy atom. The van der Waals surface area contributed by atoms with Crippen LogP contribution in [0.25, 0.3) is 0 Å². The van der Waals surface area contributed by atoms with Crippen LogP contribution in [0.4, 0.5) is 4.39 Å². The molecule has 16 heavy (non-hydrogen) atoms. The average Bonchev–Trinajstić information content (AvgIpc) is 2.25. The Hall–Kier alpha value is -0.540. The van der Waals surface area contributed by atoms with Crippen molar-refractivity contribution in [2.24, 2.45) is 0 Å². The summed E-state index contributed by atoms with van der Waals surface area (Å²) >= 11 is 1.74. The van der Waals surface area contributed by atoms with Gasteiger partial charge in [0.25, 0.3) is 0 Å². The minimum atomic E-state index is -0.138. The molecule has 0 saturated carbocycles. The van der Waals surface area contributed by atoms with Gasteiger partial charge in [-0.3, -0.25) is 0 Å². The second kappa shape index (κ2) is 6.92. The summed E-state index contributed by atoms with van der Waals surface area (Å²) in [5.41, 5.74) is 1.02. The fourth-order valence-electron chi connectivity index (χ4n) is 1.38. The Bertz CT molecular complexity index is 328. The van der Waals surface area contributed by atoms with E-state index in [-0.39, 0.29) is 5.82 Å². The average molecular weight is 241 g/mol. The molecule has 0 aliphatic rings.